The van der Waals surface area contributed by atoms with Crippen LogP contribution in [-0.4, -0.2) is 60.4 Å². The van der Waals surface area contributed by atoms with Crippen LogP contribution in [0.2, 0.25) is 0 Å². The van der Waals surface area contributed by atoms with Crippen LogP contribution in [0.15, 0.2) is 0 Å². The minimum Gasteiger partial charge on any atom is -0.462 e. The Morgan fingerprint density at radius 1 is 0.366 bits per heavy atom. The van der Waals surface area contributed by atoms with Crippen molar-refractivity contribution in [2.24, 2.45) is 0 Å². The topological polar surface area (TPSA) is 132 Å². The zero-order chi connectivity index (χ0) is 30.7. The van der Waals surface area contributed by atoms with Crippen LogP contribution in [0.4, 0.5) is 0 Å². The molecule has 2 aliphatic carbocycles. The van der Waals surface area contributed by atoms with Crippen molar-refractivity contribution in [1.82, 2.24) is 0 Å². The number of carbonyl (C=O) groups is 5. The number of rotatable bonds is 10. The summed E-state index contributed by atoms with van der Waals surface area (Å²) in [6, 6.07) is 0. The normalized spacial score (nSPS) is 17.0. The van der Waals surface area contributed by atoms with Gasteiger partial charge in [-0.1, -0.05) is 0 Å². The Hall–Kier alpha value is -2.03. The molecule has 0 spiro atoms. The molecule has 0 aromatic heterocycles. The van der Waals surface area contributed by atoms with Gasteiger partial charge in [-0.15, -0.1) is 0 Å². The Balaban J connectivity index is 0.00000239. The molecule has 2 saturated carbocycles. The predicted molar refractivity (Wildman–Crippen MR) is 144 cm³/mol. The zero-order valence-corrected chi connectivity index (χ0v) is 26.9. The number of ether oxygens (including phenoxy) is 5. The van der Waals surface area contributed by atoms with Crippen molar-refractivity contribution < 1.29 is 67.1 Å². The van der Waals surface area contributed by atoms with Crippen LogP contribution in [0, 0.1) is 61.7 Å². The van der Waals surface area contributed by atoms with Crippen LogP contribution >= 0.6 is 0 Å². The summed E-state index contributed by atoms with van der Waals surface area (Å²) >= 11 is 0. The molecule has 0 aromatic carbocycles. The van der Waals surface area contributed by atoms with Gasteiger partial charge in [0.2, 0.25) is 0 Å². The van der Waals surface area contributed by atoms with Crippen LogP contribution in [0.5, 0.6) is 0 Å². The smallest absolute Gasteiger partial charge is 0.462 e. The molecule has 10 radical (unpaired) electrons. The summed E-state index contributed by atoms with van der Waals surface area (Å²) < 4.78 is 26.3. The molecule has 0 bridgehead atoms. The molecule has 0 atom stereocenters. The van der Waals surface area contributed by atoms with Gasteiger partial charge < -0.3 is 23.7 Å². The summed E-state index contributed by atoms with van der Waals surface area (Å²) in [4.78, 5) is 66.0. The van der Waals surface area contributed by atoms with Crippen LogP contribution in [-0.2, 0) is 67.1 Å². The van der Waals surface area contributed by atoms with Gasteiger partial charge in [-0.3, -0.25) is 24.0 Å². The number of esters is 5. The molecule has 10 nitrogen and oxygen atoms in total. The van der Waals surface area contributed by atoms with Crippen molar-refractivity contribution in [3.8, 4) is 0 Å². The van der Waals surface area contributed by atoms with Crippen LogP contribution in [0.1, 0.15) is 69.2 Å². The Bertz CT molecular complexity index is 695. The maximum atomic E-state index is 13.2. The first kappa shape index (κ1) is 39.0. The maximum absolute atomic E-state index is 13.2. The molecule has 0 amide bonds. The van der Waals surface area contributed by atoms with Crippen molar-refractivity contribution >= 4 is 29.8 Å². The van der Waals surface area contributed by atoms with Gasteiger partial charge in [0.25, 0.3) is 0 Å². The molecule has 0 saturated heterocycles. The van der Waals surface area contributed by atoms with Crippen molar-refractivity contribution in [2.75, 3.05) is 0 Å². The maximum Gasteiger partial charge on any atom is 2.00 e. The first-order chi connectivity index (χ1) is 18.6. The quantitative estimate of drug-likeness (QED) is 0.194. The molecule has 2 fully saturated rings. The van der Waals surface area contributed by atoms with Gasteiger partial charge in [-0.25, -0.2) is 0 Å². The molecular formula is C30H40O10Ru+2. The SMILES string of the molecule is CC(C)OC(=O)[C]1[C](C(=O)OC(C)C)[C](C(=O)OC(C)C)[C](C(=O)OC(C)C)[C]1C(=O)OC(C)C.[CH]1[CH][CH][CH][CH]1.[Ru+2]. The fraction of sp³-hybridized carbons (Fsp3) is 0.500. The second-order valence-corrected chi connectivity index (χ2v) is 10.1. The fourth-order valence-electron chi connectivity index (χ4n) is 3.33. The van der Waals surface area contributed by atoms with E-state index in [4.69, 9.17) is 23.7 Å². The monoisotopic (exact) mass is 662 g/mol. The van der Waals surface area contributed by atoms with Crippen molar-refractivity contribution in [3.05, 3.63) is 61.7 Å². The van der Waals surface area contributed by atoms with Crippen molar-refractivity contribution in [3.63, 3.8) is 0 Å². The zero-order valence-electron chi connectivity index (χ0n) is 25.2. The summed E-state index contributed by atoms with van der Waals surface area (Å²) in [7, 11) is 0. The fourth-order valence-corrected chi connectivity index (χ4v) is 3.33. The molecule has 0 N–H and O–H groups in total. The van der Waals surface area contributed by atoms with Crippen LogP contribution in [0.3, 0.4) is 0 Å². The van der Waals surface area contributed by atoms with E-state index in [1.807, 2.05) is 32.1 Å². The van der Waals surface area contributed by atoms with Crippen molar-refractivity contribution in [1.29, 1.82) is 0 Å². The summed E-state index contributed by atoms with van der Waals surface area (Å²) in [6.07, 6.45) is 6.72. The molecule has 226 valence electrons. The third kappa shape index (κ3) is 12.4. The minimum absolute atomic E-state index is 0. The Labute approximate surface area is 258 Å². The van der Waals surface area contributed by atoms with Gasteiger partial charge in [0, 0.05) is 0 Å². The van der Waals surface area contributed by atoms with E-state index in [1.165, 1.54) is 0 Å². The van der Waals surface area contributed by atoms with E-state index in [0.717, 1.165) is 0 Å². The molecule has 11 heteroatoms. The van der Waals surface area contributed by atoms with Gasteiger partial charge in [-0.05, 0) is 101 Å². The predicted octanol–water partition coefficient (Wildman–Crippen LogP) is 3.65. The van der Waals surface area contributed by atoms with Crippen LogP contribution < -0.4 is 0 Å². The second kappa shape index (κ2) is 18.5. The standard InChI is InChI=1S/C25H35O10.C5H5.Ru/c1-11(2)31-21(26)16-17(22(27)32-12(3)4)19(24(29)34-14(7)8)20(25(30)35-15(9)10)18(16)23(28)33-13(5)6;1-2-4-5-3-1;/h11-15H,1-10H3;1-5H;/q;;+2. The summed E-state index contributed by atoms with van der Waals surface area (Å²) in [6.45, 7) is 15.6. The van der Waals surface area contributed by atoms with Gasteiger partial charge in [0.05, 0.1) is 30.5 Å². The number of hydrogen-bond donors (Lipinski definition) is 0. The largest absolute Gasteiger partial charge is 2.00 e. The first-order valence-corrected chi connectivity index (χ1v) is 13.2. The van der Waals surface area contributed by atoms with E-state index in [9.17, 15) is 24.0 Å². The van der Waals surface area contributed by atoms with E-state index < -0.39 is 90.0 Å². The first-order valence-electron chi connectivity index (χ1n) is 13.2. The second-order valence-electron chi connectivity index (χ2n) is 10.1. The Morgan fingerprint density at radius 3 is 0.585 bits per heavy atom. The van der Waals surface area contributed by atoms with E-state index >= 15 is 0 Å². The van der Waals surface area contributed by atoms with Gasteiger partial charge in [0.15, 0.2) is 0 Å². The average Bonchev–Trinajstić information content (AvgIpc) is 3.46. The summed E-state index contributed by atoms with van der Waals surface area (Å²) in [5.41, 5.74) is 0. The van der Waals surface area contributed by atoms with Gasteiger partial charge in [0.1, 0.15) is 29.6 Å². The molecule has 0 heterocycles. The molecular weight excluding hydrogens is 621 g/mol. The van der Waals surface area contributed by atoms with Gasteiger partial charge in [-0.2, -0.15) is 0 Å². The molecule has 0 unspecified atom stereocenters. The Morgan fingerprint density at radius 2 is 0.488 bits per heavy atom. The molecule has 0 aliphatic heterocycles. The molecule has 2 aliphatic rings. The number of carbonyl (C=O) groups excluding carboxylic acids is 5. The molecule has 0 aromatic rings. The third-order valence-corrected chi connectivity index (χ3v) is 4.54. The van der Waals surface area contributed by atoms with E-state index in [1.54, 1.807) is 69.2 Å². The molecule has 2 rings (SSSR count). The average molecular weight is 662 g/mol. The Kier molecular flexibility index (Phi) is 17.6. The van der Waals surface area contributed by atoms with Crippen LogP contribution in [0.25, 0.3) is 0 Å². The third-order valence-electron chi connectivity index (χ3n) is 4.54. The van der Waals surface area contributed by atoms with Gasteiger partial charge >= 0.3 is 49.3 Å². The van der Waals surface area contributed by atoms with E-state index in [-0.39, 0.29) is 19.5 Å². The minimum atomic E-state index is -1.12. The summed E-state index contributed by atoms with van der Waals surface area (Å²) in [5, 5.41) is 0. The molecule has 41 heavy (non-hydrogen) atoms. The van der Waals surface area contributed by atoms with E-state index in [0.29, 0.717) is 0 Å². The van der Waals surface area contributed by atoms with E-state index in [2.05, 4.69) is 0 Å². The van der Waals surface area contributed by atoms with Crippen molar-refractivity contribution in [2.45, 2.75) is 99.8 Å². The number of hydrogen-bond acceptors (Lipinski definition) is 10. The summed E-state index contributed by atoms with van der Waals surface area (Å²) in [5.74, 6) is -8.70.